The number of hydrogen-bond acceptors (Lipinski definition) is 2. The number of rotatable bonds is 5. The minimum absolute atomic E-state index is 0.244. The molecule has 0 aliphatic heterocycles. The van der Waals surface area contributed by atoms with Crippen LogP contribution < -0.4 is 0 Å². The van der Waals surface area contributed by atoms with Crippen LogP contribution in [-0.4, -0.2) is 31.7 Å². The molecular formula is C13H31NO2. The lowest BCUT2D eigenvalue weighted by molar-refractivity contribution is 0.132. The smallest absolute Gasteiger partial charge is 0.409 e. The molecule has 3 nitrogen and oxygen atoms in total. The van der Waals surface area contributed by atoms with Gasteiger partial charge >= 0.3 is 6.09 Å². The largest absolute Gasteiger partial charge is 0.453 e. The highest BCUT2D eigenvalue weighted by Gasteiger charge is 2.05. The van der Waals surface area contributed by atoms with Gasteiger partial charge in [-0.25, -0.2) is 4.79 Å². The molecule has 0 aromatic rings. The fourth-order valence-corrected chi connectivity index (χ4v) is 1.02. The molecule has 100 valence electrons. The molecule has 0 rings (SSSR count). The number of hydrogen-bond donors (Lipinski definition) is 0. The van der Waals surface area contributed by atoms with Crippen molar-refractivity contribution in [2.24, 2.45) is 0 Å². The number of methoxy groups -OCH3 is 1. The van der Waals surface area contributed by atoms with E-state index in [1.807, 2.05) is 27.7 Å². The van der Waals surface area contributed by atoms with E-state index in [1.165, 1.54) is 26.4 Å². The maximum atomic E-state index is 10.9. The Morgan fingerprint density at radius 2 is 1.56 bits per heavy atom. The van der Waals surface area contributed by atoms with E-state index in [0.29, 0.717) is 0 Å². The van der Waals surface area contributed by atoms with Crippen molar-refractivity contribution < 1.29 is 9.53 Å². The van der Waals surface area contributed by atoms with E-state index in [1.54, 1.807) is 11.9 Å². The quantitative estimate of drug-likeness (QED) is 0.662. The van der Waals surface area contributed by atoms with Gasteiger partial charge in [0.25, 0.3) is 0 Å². The Labute approximate surface area is 102 Å². The molecule has 0 bridgehead atoms. The zero-order valence-corrected chi connectivity index (χ0v) is 12.3. The molecule has 3 heteroatoms. The first-order valence-electron chi connectivity index (χ1n) is 6.51. The van der Waals surface area contributed by atoms with Gasteiger partial charge in [0, 0.05) is 13.6 Å². The molecule has 0 aromatic heterocycles. The molecule has 0 unspecified atom stereocenters. The summed E-state index contributed by atoms with van der Waals surface area (Å²) in [6.45, 7) is 11.0. The van der Waals surface area contributed by atoms with E-state index in [0.717, 1.165) is 13.0 Å². The molecule has 0 saturated heterocycles. The van der Waals surface area contributed by atoms with Crippen molar-refractivity contribution in [2.75, 3.05) is 20.7 Å². The first kappa shape index (κ1) is 20.7. The Balaban J connectivity index is -0.000000376. The SMILES string of the molecule is CC.CC.CCCCCCN(C)C(=O)OC. The van der Waals surface area contributed by atoms with Crippen molar-refractivity contribution in [3.63, 3.8) is 0 Å². The van der Waals surface area contributed by atoms with Crippen molar-refractivity contribution in [2.45, 2.75) is 60.3 Å². The van der Waals surface area contributed by atoms with Crippen molar-refractivity contribution in [1.82, 2.24) is 4.90 Å². The van der Waals surface area contributed by atoms with E-state index < -0.39 is 0 Å². The van der Waals surface area contributed by atoms with Gasteiger partial charge in [0.2, 0.25) is 0 Å². The minimum Gasteiger partial charge on any atom is -0.453 e. The lowest BCUT2D eigenvalue weighted by atomic mass is 10.2. The van der Waals surface area contributed by atoms with Crippen LogP contribution in [0.4, 0.5) is 4.79 Å². The molecule has 16 heavy (non-hydrogen) atoms. The van der Waals surface area contributed by atoms with Gasteiger partial charge in [-0.1, -0.05) is 53.9 Å². The van der Waals surface area contributed by atoms with Crippen LogP contribution in [-0.2, 0) is 4.74 Å². The number of ether oxygens (including phenoxy) is 1. The average Bonchev–Trinajstić information content (AvgIpc) is 2.38. The Morgan fingerprint density at radius 3 is 1.94 bits per heavy atom. The summed E-state index contributed by atoms with van der Waals surface area (Å²) in [6.07, 6.45) is 4.49. The molecule has 0 spiro atoms. The van der Waals surface area contributed by atoms with Crippen LogP contribution in [0.1, 0.15) is 60.3 Å². The third-order valence-corrected chi connectivity index (χ3v) is 1.83. The number of amides is 1. The topological polar surface area (TPSA) is 29.5 Å². The number of unbranched alkanes of at least 4 members (excludes halogenated alkanes) is 3. The van der Waals surface area contributed by atoms with Gasteiger partial charge in [-0.05, 0) is 6.42 Å². The standard InChI is InChI=1S/C9H19NO2.2C2H6/c1-4-5-6-7-8-10(2)9(11)12-3;2*1-2/h4-8H2,1-3H3;2*1-2H3. The number of nitrogens with zero attached hydrogens (tertiary/aromatic N) is 1. The van der Waals surface area contributed by atoms with Gasteiger partial charge in [0.05, 0.1) is 7.11 Å². The van der Waals surface area contributed by atoms with Gasteiger partial charge in [0.15, 0.2) is 0 Å². The summed E-state index contributed by atoms with van der Waals surface area (Å²) in [6, 6.07) is 0. The molecule has 1 amide bonds. The van der Waals surface area contributed by atoms with E-state index in [-0.39, 0.29) is 6.09 Å². The maximum absolute atomic E-state index is 10.9. The van der Waals surface area contributed by atoms with Gasteiger partial charge in [-0.2, -0.15) is 0 Å². The fraction of sp³-hybridized carbons (Fsp3) is 0.923. The normalized spacial score (nSPS) is 7.94. The van der Waals surface area contributed by atoms with E-state index in [9.17, 15) is 4.79 Å². The average molecular weight is 233 g/mol. The Kier molecular flexibility index (Phi) is 25.5. The van der Waals surface area contributed by atoms with Crippen molar-refractivity contribution in [1.29, 1.82) is 0 Å². The summed E-state index contributed by atoms with van der Waals surface area (Å²) in [4.78, 5) is 12.5. The van der Waals surface area contributed by atoms with E-state index >= 15 is 0 Å². The lowest BCUT2D eigenvalue weighted by Crippen LogP contribution is -2.27. The predicted molar refractivity (Wildman–Crippen MR) is 71.9 cm³/mol. The van der Waals surface area contributed by atoms with E-state index in [4.69, 9.17) is 0 Å². The molecule has 0 fully saturated rings. The van der Waals surface area contributed by atoms with Crippen LogP contribution in [0, 0.1) is 0 Å². The molecule has 0 radical (unpaired) electrons. The second-order valence-corrected chi connectivity index (χ2v) is 2.95. The number of carbonyl (C=O) groups excluding carboxylic acids is 1. The van der Waals surface area contributed by atoms with Gasteiger partial charge in [-0.3, -0.25) is 0 Å². The second-order valence-electron chi connectivity index (χ2n) is 2.95. The summed E-state index contributed by atoms with van der Waals surface area (Å²) in [5.41, 5.74) is 0. The Hall–Kier alpha value is -0.730. The monoisotopic (exact) mass is 233 g/mol. The minimum atomic E-state index is -0.244. The molecule has 0 N–H and O–H groups in total. The van der Waals surface area contributed by atoms with Crippen molar-refractivity contribution in [3.8, 4) is 0 Å². The summed E-state index contributed by atoms with van der Waals surface area (Å²) in [7, 11) is 3.17. The zero-order valence-electron chi connectivity index (χ0n) is 12.3. The predicted octanol–water partition coefficient (Wildman–Crippen LogP) is 4.32. The summed E-state index contributed by atoms with van der Waals surface area (Å²) in [5.74, 6) is 0. The highest BCUT2D eigenvalue weighted by atomic mass is 16.5. The van der Waals surface area contributed by atoms with Crippen molar-refractivity contribution >= 4 is 6.09 Å². The Bertz CT molecular complexity index is 127. The molecule has 0 saturated carbocycles. The van der Waals surface area contributed by atoms with Crippen LogP contribution in [0.3, 0.4) is 0 Å². The van der Waals surface area contributed by atoms with Gasteiger partial charge in [-0.15, -0.1) is 0 Å². The fourth-order valence-electron chi connectivity index (χ4n) is 1.02. The molecule has 0 heterocycles. The Morgan fingerprint density at radius 1 is 1.06 bits per heavy atom. The first-order valence-corrected chi connectivity index (χ1v) is 6.51. The molecule has 0 atom stereocenters. The summed E-state index contributed by atoms with van der Waals surface area (Å²) in [5, 5.41) is 0. The van der Waals surface area contributed by atoms with Crippen LogP contribution in [0.5, 0.6) is 0 Å². The second kappa shape index (κ2) is 19.8. The van der Waals surface area contributed by atoms with Gasteiger partial charge < -0.3 is 9.64 Å². The van der Waals surface area contributed by atoms with Crippen LogP contribution >= 0.6 is 0 Å². The molecule has 0 aliphatic carbocycles. The van der Waals surface area contributed by atoms with Crippen LogP contribution in [0.25, 0.3) is 0 Å². The maximum Gasteiger partial charge on any atom is 0.409 e. The highest BCUT2D eigenvalue weighted by Crippen LogP contribution is 2.00. The third kappa shape index (κ3) is 15.7. The zero-order chi connectivity index (χ0) is 13.4. The van der Waals surface area contributed by atoms with Crippen LogP contribution in [0.2, 0.25) is 0 Å². The molecule has 0 aliphatic rings. The van der Waals surface area contributed by atoms with Crippen LogP contribution in [0.15, 0.2) is 0 Å². The number of carbonyl (C=O) groups is 1. The third-order valence-electron chi connectivity index (χ3n) is 1.83. The van der Waals surface area contributed by atoms with Crippen molar-refractivity contribution in [3.05, 3.63) is 0 Å². The highest BCUT2D eigenvalue weighted by molar-refractivity contribution is 5.66. The molecular weight excluding hydrogens is 202 g/mol. The molecule has 0 aromatic carbocycles. The summed E-state index contributed by atoms with van der Waals surface area (Å²) >= 11 is 0. The van der Waals surface area contributed by atoms with E-state index in [2.05, 4.69) is 11.7 Å². The summed E-state index contributed by atoms with van der Waals surface area (Å²) < 4.78 is 4.56. The van der Waals surface area contributed by atoms with Gasteiger partial charge in [0.1, 0.15) is 0 Å². The lowest BCUT2D eigenvalue weighted by Gasteiger charge is -2.14. The first-order chi connectivity index (χ1) is 7.72.